The minimum absolute atomic E-state index is 0.0500. The molecule has 1 aromatic carbocycles. The van der Waals surface area contributed by atoms with E-state index in [0.29, 0.717) is 28.6 Å². The lowest BCUT2D eigenvalue weighted by molar-refractivity contribution is -0.121. The molecule has 0 spiro atoms. The highest BCUT2D eigenvalue weighted by molar-refractivity contribution is 6.31. The molecule has 0 aliphatic rings. The average molecular weight is 297 g/mol. The van der Waals surface area contributed by atoms with E-state index in [-0.39, 0.29) is 12.5 Å². The molecule has 108 valence electrons. The van der Waals surface area contributed by atoms with Crippen molar-refractivity contribution < 1.29 is 9.21 Å². The minimum Gasteiger partial charge on any atom is -0.408 e. The molecule has 0 unspecified atom stereocenters. The molecule has 1 aromatic heterocycles. The Kier molecular flexibility index (Phi) is 4.49. The van der Waals surface area contributed by atoms with Crippen LogP contribution in [0.2, 0.25) is 5.02 Å². The number of nitrogens with zero attached hydrogens (tertiary/aromatic N) is 1. The number of rotatable bonds is 5. The fraction of sp³-hybridized carbons (Fsp3) is 0.429. The molecule has 2 rings (SSSR count). The van der Waals surface area contributed by atoms with Crippen LogP contribution in [-0.4, -0.2) is 17.0 Å². The summed E-state index contributed by atoms with van der Waals surface area (Å²) in [4.78, 5) is 23.6. The summed E-state index contributed by atoms with van der Waals surface area (Å²) in [7, 11) is 0. The first-order valence-corrected chi connectivity index (χ1v) is 6.90. The number of amides is 1. The van der Waals surface area contributed by atoms with Crippen molar-refractivity contribution in [2.75, 3.05) is 6.54 Å². The molecule has 0 saturated carbocycles. The van der Waals surface area contributed by atoms with Gasteiger partial charge in [0.2, 0.25) is 5.91 Å². The number of carbonyl (C=O) groups is 1. The zero-order chi connectivity index (χ0) is 14.7. The molecule has 0 aliphatic carbocycles. The van der Waals surface area contributed by atoms with Crippen LogP contribution in [0, 0.1) is 5.92 Å². The van der Waals surface area contributed by atoms with Gasteiger partial charge in [-0.1, -0.05) is 25.4 Å². The second-order valence-electron chi connectivity index (χ2n) is 5.10. The maximum atomic E-state index is 11.8. The molecule has 5 nitrogen and oxygen atoms in total. The normalized spacial score (nSPS) is 11.2. The third kappa shape index (κ3) is 3.42. The molecule has 0 bridgehead atoms. The summed E-state index contributed by atoms with van der Waals surface area (Å²) in [5.41, 5.74) is 0.955. The Bertz CT molecular complexity index is 673. The van der Waals surface area contributed by atoms with Crippen LogP contribution in [0.5, 0.6) is 0 Å². The Morgan fingerprint density at radius 1 is 1.45 bits per heavy atom. The molecule has 0 fully saturated rings. The summed E-state index contributed by atoms with van der Waals surface area (Å²) in [5, 5.41) is 3.28. The molecule has 1 amide bonds. The van der Waals surface area contributed by atoms with Crippen LogP contribution in [0.3, 0.4) is 0 Å². The fourth-order valence-electron chi connectivity index (χ4n) is 1.89. The van der Waals surface area contributed by atoms with E-state index >= 15 is 0 Å². The monoisotopic (exact) mass is 296 g/mol. The Balaban J connectivity index is 2.11. The van der Waals surface area contributed by atoms with E-state index in [2.05, 4.69) is 19.2 Å². The van der Waals surface area contributed by atoms with Crippen molar-refractivity contribution >= 4 is 28.6 Å². The van der Waals surface area contributed by atoms with Crippen LogP contribution in [-0.2, 0) is 11.3 Å². The van der Waals surface area contributed by atoms with Crippen molar-refractivity contribution in [2.24, 2.45) is 5.92 Å². The number of hydrogen-bond acceptors (Lipinski definition) is 3. The van der Waals surface area contributed by atoms with Gasteiger partial charge in [0, 0.05) is 17.6 Å². The highest BCUT2D eigenvalue weighted by Crippen LogP contribution is 2.18. The maximum absolute atomic E-state index is 11.8. The number of nitrogens with one attached hydrogen (secondary N) is 1. The van der Waals surface area contributed by atoms with Crippen molar-refractivity contribution in [3.63, 3.8) is 0 Å². The molecule has 0 saturated heterocycles. The first kappa shape index (κ1) is 14.7. The van der Waals surface area contributed by atoms with E-state index in [0.717, 1.165) is 6.42 Å². The number of carbonyl (C=O) groups excluding carboxylic acids is 1. The van der Waals surface area contributed by atoms with E-state index in [9.17, 15) is 9.59 Å². The van der Waals surface area contributed by atoms with Gasteiger partial charge in [0.25, 0.3) is 0 Å². The SMILES string of the molecule is CC(C)CCNC(=O)Cn1c(=O)oc2cc(Cl)ccc21. The standard InChI is InChI=1S/C14H17ClN2O3/c1-9(2)5-6-16-13(18)8-17-11-4-3-10(15)7-12(11)20-14(17)19/h3-4,7,9H,5-6,8H2,1-2H3,(H,16,18). The molecule has 6 heteroatoms. The molecule has 1 N–H and O–H groups in total. The van der Waals surface area contributed by atoms with Gasteiger partial charge in [0.1, 0.15) is 6.54 Å². The third-order valence-corrected chi connectivity index (χ3v) is 3.21. The van der Waals surface area contributed by atoms with Crippen molar-refractivity contribution in [1.82, 2.24) is 9.88 Å². The van der Waals surface area contributed by atoms with Gasteiger partial charge >= 0.3 is 5.76 Å². The Labute approximate surface area is 121 Å². The highest BCUT2D eigenvalue weighted by atomic mass is 35.5. The van der Waals surface area contributed by atoms with Gasteiger partial charge in [-0.2, -0.15) is 0 Å². The second kappa shape index (κ2) is 6.13. The van der Waals surface area contributed by atoms with Gasteiger partial charge in [-0.05, 0) is 24.5 Å². The zero-order valence-electron chi connectivity index (χ0n) is 11.5. The van der Waals surface area contributed by atoms with Crippen LogP contribution in [0.4, 0.5) is 0 Å². The highest BCUT2D eigenvalue weighted by Gasteiger charge is 2.12. The second-order valence-corrected chi connectivity index (χ2v) is 5.54. The summed E-state index contributed by atoms with van der Waals surface area (Å²) < 4.78 is 6.37. The molecular formula is C14H17ClN2O3. The van der Waals surface area contributed by atoms with Gasteiger partial charge in [-0.25, -0.2) is 4.79 Å². The first-order chi connectivity index (χ1) is 9.47. The predicted octanol–water partition coefficient (Wildman–Crippen LogP) is 2.41. The molecule has 20 heavy (non-hydrogen) atoms. The molecule has 0 aliphatic heterocycles. The number of aromatic nitrogens is 1. The summed E-state index contributed by atoms with van der Waals surface area (Å²) in [5.74, 6) is -0.235. The number of halogens is 1. The lowest BCUT2D eigenvalue weighted by atomic mass is 10.1. The summed E-state index contributed by atoms with van der Waals surface area (Å²) in [6, 6.07) is 4.89. The van der Waals surface area contributed by atoms with Crippen molar-refractivity contribution in [3.05, 3.63) is 33.8 Å². The Morgan fingerprint density at radius 2 is 2.20 bits per heavy atom. The van der Waals surface area contributed by atoms with E-state index in [1.165, 1.54) is 4.57 Å². The molecule has 0 radical (unpaired) electrons. The van der Waals surface area contributed by atoms with Gasteiger partial charge in [-0.15, -0.1) is 0 Å². The van der Waals surface area contributed by atoms with Crippen LogP contribution < -0.4 is 11.1 Å². The van der Waals surface area contributed by atoms with Gasteiger partial charge in [-0.3, -0.25) is 9.36 Å². The van der Waals surface area contributed by atoms with E-state index in [1.807, 2.05) is 0 Å². The van der Waals surface area contributed by atoms with E-state index in [4.69, 9.17) is 16.0 Å². The fourth-order valence-corrected chi connectivity index (χ4v) is 2.05. The van der Waals surface area contributed by atoms with Crippen molar-refractivity contribution in [3.8, 4) is 0 Å². The maximum Gasteiger partial charge on any atom is 0.420 e. The van der Waals surface area contributed by atoms with Crippen LogP contribution in [0.15, 0.2) is 27.4 Å². The topological polar surface area (TPSA) is 64.2 Å². The molecule has 1 heterocycles. The molecule has 2 aromatic rings. The number of oxazole rings is 1. The van der Waals surface area contributed by atoms with Crippen molar-refractivity contribution in [1.29, 1.82) is 0 Å². The summed E-state index contributed by atoms with van der Waals surface area (Å²) in [6.45, 7) is 4.73. The average Bonchev–Trinajstić information content (AvgIpc) is 2.64. The van der Waals surface area contributed by atoms with Crippen LogP contribution >= 0.6 is 11.6 Å². The van der Waals surface area contributed by atoms with E-state index in [1.54, 1.807) is 18.2 Å². The number of benzene rings is 1. The minimum atomic E-state index is -0.554. The molecular weight excluding hydrogens is 280 g/mol. The largest absolute Gasteiger partial charge is 0.420 e. The Hall–Kier alpha value is -1.75. The summed E-state index contributed by atoms with van der Waals surface area (Å²) in [6.07, 6.45) is 0.905. The van der Waals surface area contributed by atoms with Gasteiger partial charge in [0.15, 0.2) is 5.58 Å². The quantitative estimate of drug-likeness (QED) is 0.921. The van der Waals surface area contributed by atoms with Gasteiger partial charge < -0.3 is 9.73 Å². The number of hydrogen-bond donors (Lipinski definition) is 1. The zero-order valence-corrected chi connectivity index (χ0v) is 12.2. The van der Waals surface area contributed by atoms with Crippen molar-refractivity contribution in [2.45, 2.75) is 26.8 Å². The van der Waals surface area contributed by atoms with Gasteiger partial charge in [0.05, 0.1) is 5.52 Å². The Morgan fingerprint density at radius 3 is 2.90 bits per heavy atom. The van der Waals surface area contributed by atoms with Crippen LogP contribution in [0.25, 0.3) is 11.1 Å². The van der Waals surface area contributed by atoms with Crippen LogP contribution in [0.1, 0.15) is 20.3 Å². The lowest BCUT2D eigenvalue weighted by Crippen LogP contribution is -2.31. The lowest BCUT2D eigenvalue weighted by Gasteiger charge is -2.07. The smallest absolute Gasteiger partial charge is 0.408 e. The predicted molar refractivity (Wildman–Crippen MR) is 77.9 cm³/mol. The number of fused-ring (bicyclic) bond motifs is 1. The summed E-state index contributed by atoms with van der Waals surface area (Å²) >= 11 is 5.83. The first-order valence-electron chi connectivity index (χ1n) is 6.53. The molecule has 0 atom stereocenters. The third-order valence-electron chi connectivity index (χ3n) is 2.98. The van der Waals surface area contributed by atoms with E-state index < -0.39 is 5.76 Å².